The van der Waals surface area contributed by atoms with Crippen molar-refractivity contribution in [3.05, 3.63) is 30.5 Å². The zero-order valence-corrected chi connectivity index (χ0v) is 7.14. The van der Waals surface area contributed by atoms with Crippen LogP contribution in [0.5, 0.6) is 0 Å². The molecule has 0 saturated heterocycles. The zero-order valence-electron chi connectivity index (χ0n) is 7.14. The van der Waals surface area contributed by atoms with Gasteiger partial charge in [-0.2, -0.15) is 0 Å². The Labute approximate surface area is 78.7 Å². The first-order valence-corrected chi connectivity index (χ1v) is 4.16. The minimum absolute atomic E-state index is 0.501. The van der Waals surface area contributed by atoms with Gasteiger partial charge in [-0.15, -0.1) is 0 Å². The number of nitrogens with zero attached hydrogens (tertiary/aromatic N) is 3. The van der Waals surface area contributed by atoms with Crippen molar-refractivity contribution in [1.82, 2.24) is 20.5 Å². The highest BCUT2D eigenvalue weighted by molar-refractivity contribution is 5.83. The fourth-order valence-corrected chi connectivity index (χ4v) is 1.43. The van der Waals surface area contributed by atoms with Crippen LogP contribution in [-0.2, 0) is 0 Å². The van der Waals surface area contributed by atoms with Crippen molar-refractivity contribution in [1.29, 1.82) is 0 Å². The normalized spacial score (nSPS) is 10.9. The smallest absolute Gasteiger partial charge is 0.226 e. The number of H-pyrrole nitrogens is 1. The van der Waals surface area contributed by atoms with Crippen molar-refractivity contribution in [3.8, 4) is 11.4 Å². The molecule has 0 saturated carbocycles. The van der Waals surface area contributed by atoms with Gasteiger partial charge in [0, 0.05) is 17.3 Å². The number of nitrogens with one attached hydrogen (secondary N) is 1. The van der Waals surface area contributed by atoms with Crippen molar-refractivity contribution in [3.63, 3.8) is 0 Å². The fourth-order valence-electron chi connectivity index (χ4n) is 1.43. The topological polar surface area (TPSA) is 67.6 Å². The fraction of sp³-hybridized carbons (Fsp3) is 0. The van der Waals surface area contributed by atoms with E-state index in [9.17, 15) is 0 Å². The Balaban J connectivity index is 2.23. The van der Waals surface area contributed by atoms with Crippen molar-refractivity contribution >= 4 is 10.9 Å². The minimum atomic E-state index is 0.501. The lowest BCUT2D eigenvalue weighted by Crippen LogP contribution is -1.80. The minimum Gasteiger partial charge on any atom is -0.361 e. The van der Waals surface area contributed by atoms with Crippen LogP contribution in [0.4, 0.5) is 0 Å². The van der Waals surface area contributed by atoms with E-state index in [0.29, 0.717) is 5.82 Å². The first-order chi connectivity index (χ1) is 6.93. The lowest BCUT2D eigenvalue weighted by molar-refractivity contribution is 0.293. The largest absolute Gasteiger partial charge is 0.361 e. The molecule has 1 aromatic carbocycles. The zero-order chi connectivity index (χ0) is 9.38. The molecule has 0 aliphatic carbocycles. The highest BCUT2D eigenvalue weighted by atomic mass is 16.6. The first-order valence-electron chi connectivity index (χ1n) is 4.16. The summed E-state index contributed by atoms with van der Waals surface area (Å²) in [5, 5.41) is 11.9. The molecule has 2 heterocycles. The Morgan fingerprint density at radius 1 is 1.21 bits per heavy atom. The van der Waals surface area contributed by atoms with E-state index in [1.54, 1.807) is 0 Å². The van der Waals surface area contributed by atoms with E-state index in [4.69, 9.17) is 0 Å². The molecule has 0 aliphatic heterocycles. The molecule has 3 rings (SSSR count). The van der Waals surface area contributed by atoms with Crippen LogP contribution in [-0.4, -0.2) is 20.5 Å². The molecule has 0 amide bonds. The molecule has 3 aromatic rings. The maximum atomic E-state index is 4.44. The number of aromatic nitrogens is 4. The first kappa shape index (κ1) is 7.25. The van der Waals surface area contributed by atoms with Crippen molar-refractivity contribution < 1.29 is 4.63 Å². The number of aromatic amines is 1. The summed E-state index contributed by atoms with van der Waals surface area (Å²) in [4.78, 5) is 3.12. The Morgan fingerprint density at radius 3 is 3.07 bits per heavy atom. The Hall–Kier alpha value is -2.17. The van der Waals surface area contributed by atoms with E-state index in [2.05, 4.69) is 25.1 Å². The second kappa shape index (κ2) is 2.66. The maximum Gasteiger partial charge on any atom is 0.226 e. The SMILES string of the molecule is c1cc2ccc(-c3nnon3)cc2[nH]1. The second-order valence-electron chi connectivity index (χ2n) is 2.96. The van der Waals surface area contributed by atoms with Crippen LogP contribution >= 0.6 is 0 Å². The van der Waals surface area contributed by atoms with Crippen LogP contribution in [0.2, 0.25) is 0 Å². The number of hydrogen-bond acceptors (Lipinski definition) is 4. The highest BCUT2D eigenvalue weighted by Gasteiger charge is 2.04. The van der Waals surface area contributed by atoms with Gasteiger partial charge in [0.15, 0.2) is 0 Å². The van der Waals surface area contributed by atoms with E-state index in [1.165, 1.54) is 0 Å². The maximum absolute atomic E-state index is 4.44. The third-order valence-electron chi connectivity index (χ3n) is 2.11. The molecule has 5 nitrogen and oxygen atoms in total. The van der Waals surface area contributed by atoms with Gasteiger partial charge in [0.25, 0.3) is 0 Å². The Kier molecular flexibility index (Phi) is 1.38. The van der Waals surface area contributed by atoms with Crippen molar-refractivity contribution in [2.45, 2.75) is 0 Å². The number of fused-ring (bicyclic) bond motifs is 1. The number of hydrogen-bond donors (Lipinski definition) is 1. The van der Waals surface area contributed by atoms with Gasteiger partial charge >= 0.3 is 0 Å². The van der Waals surface area contributed by atoms with Gasteiger partial charge in [0.2, 0.25) is 5.82 Å². The van der Waals surface area contributed by atoms with E-state index in [0.717, 1.165) is 16.5 Å². The second-order valence-corrected chi connectivity index (χ2v) is 2.96. The molecule has 0 radical (unpaired) electrons. The van der Waals surface area contributed by atoms with Gasteiger partial charge in [0.1, 0.15) is 0 Å². The summed E-state index contributed by atoms with van der Waals surface area (Å²) in [5.41, 5.74) is 1.94. The Bertz CT molecular complexity index is 555. The summed E-state index contributed by atoms with van der Waals surface area (Å²) >= 11 is 0. The van der Waals surface area contributed by atoms with Gasteiger partial charge in [-0.25, -0.2) is 4.63 Å². The predicted molar refractivity (Wildman–Crippen MR) is 49.4 cm³/mol. The molecule has 0 aliphatic rings. The molecule has 0 fully saturated rings. The lowest BCUT2D eigenvalue weighted by atomic mass is 10.1. The lowest BCUT2D eigenvalue weighted by Gasteiger charge is -1.93. The monoisotopic (exact) mass is 186 g/mol. The molecule has 0 bridgehead atoms. The average Bonchev–Trinajstić information content (AvgIpc) is 2.88. The van der Waals surface area contributed by atoms with Gasteiger partial charge in [-0.3, -0.25) is 0 Å². The van der Waals surface area contributed by atoms with Crippen LogP contribution in [0.15, 0.2) is 35.1 Å². The molecule has 0 unspecified atom stereocenters. The standard InChI is InChI=1S/C9H6N4O/c1-2-7(9-11-13-14-12-9)5-8-6(1)3-4-10-8/h1-5,10H. The molecule has 2 aromatic heterocycles. The molecule has 14 heavy (non-hydrogen) atoms. The Morgan fingerprint density at radius 2 is 2.21 bits per heavy atom. The van der Waals surface area contributed by atoms with E-state index >= 15 is 0 Å². The van der Waals surface area contributed by atoms with Crippen LogP contribution in [0.3, 0.4) is 0 Å². The van der Waals surface area contributed by atoms with Gasteiger partial charge in [-0.05, 0) is 22.7 Å². The van der Waals surface area contributed by atoms with Crippen LogP contribution in [0.1, 0.15) is 0 Å². The molecule has 68 valence electrons. The summed E-state index contributed by atoms with van der Waals surface area (Å²) in [6.45, 7) is 0. The molecule has 0 atom stereocenters. The van der Waals surface area contributed by atoms with Gasteiger partial charge in [0.05, 0.1) is 5.27 Å². The summed E-state index contributed by atoms with van der Waals surface area (Å²) in [6.07, 6.45) is 1.89. The third kappa shape index (κ3) is 0.990. The summed E-state index contributed by atoms with van der Waals surface area (Å²) in [7, 11) is 0. The summed E-state index contributed by atoms with van der Waals surface area (Å²) in [5.74, 6) is 0.501. The molecular weight excluding hydrogens is 180 g/mol. The highest BCUT2D eigenvalue weighted by Crippen LogP contribution is 2.19. The van der Waals surface area contributed by atoms with Gasteiger partial charge < -0.3 is 4.98 Å². The number of benzene rings is 1. The summed E-state index contributed by atoms with van der Waals surface area (Å²) < 4.78 is 4.44. The third-order valence-corrected chi connectivity index (χ3v) is 2.11. The van der Waals surface area contributed by atoms with Crippen LogP contribution in [0.25, 0.3) is 22.3 Å². The van der Waals surface area contributed by atoms with Gasteiger partial charge in [-0.1, -0.05) is 17.2 Å². The van der Waals surface area contributed by atoms with Crippen LogP contribution < -0.4 is 0 Å². The van der Waals surface area contributed by atoms with E-state index in [1.807, 2.05) is 30.5 Å². The van der Waals surface area contributed by atoms with Crippen LogP contribution in [0, 0.1) is 0 Å². The summed E-state index contributed by atoms with van der Waals surface area (Å²) in [6, 6.07) is 7.90. The van der Waals surface area contributed by atoms with Crippen molar-refractivity contribution in [2.75, 3.05) is 0 Å². The molecule has 0 spiro atoms. The van der Waals surface area contributed by atoms with E-state index < -0.39 is 0 Å². The number of rotatable bonds is 1. The molecular formula is C9H6N4O. The van der Waals surface area contributed by atoms with Crippen molar-refractivity contribution in [2.24, 2.45) is 0 Å². The molecule has 1 N–H and O–H groups in total. The van der Waals surface area contributed by atoms with E-state index in [-0.39, 0.29) is 0 Å². The average molecular weight is 186 g/mol. The molecule has 5 heteroatoms. The predicted octanol–water partition coefficient (Wildman–Crippen LogP) is 1.61. The quantitative estimate of drug-likeness (QED) is 0.626.